The van der Waals surface area contributed by atoms with Crippen molar-refractivity contribution >= 4 is 5.69 Å². The smallest absolute Gasteiger partial charge is 0.131 e. The van der Waals surface area contributed by atoms with Crippen LogP contribution in [0.3, 0.4) is 0 Å². The molecule has 0 saturated heterocycles. The van der Waals surface area contributed by atoms with Crippen LogP contribution in [0.25, 0.3) is 11.3 Å². The molecule has 2 rings (SSSR count). The summed E-state index contributed by atoms with van der Waals surface area (Å²) in [6.07, 6.45) is 1.50. The summed E-state index contributed by atoms with van der Waals surface area (Å²) in [6, 6.07) is 4.24. The van der Waals surface area contributed by atoms with E-state index in [1.165, 1.54) is 25.4 Å². The highest BCUT2D eigenvalue weighted by Crippen LogP contribution is 2.32. The molecule has 0 unspecified atom stereocenters. The van der Waals surface area contributed by atoms with Crippen molar-refractivity contribution in [2.24, 2.45) is 0 Å². The van der Waals surface area contributed by atoms with Crippen LogP contribution in [0.15, 0.2) is 24.4 Å². The molecule has 0 bridgehead atoms. The number of aromatic amines is 1. The van der Waals surface area contributed by atoms with Crippen molar-refractivity contribution in [1.82, 2.24) is 10.2 Å². The van der Waals surface area contributed by atoms with Gasteiger partial charge in [-0.1, -0.05) is 0 Å². The molecule has 5 heteroatoms. The second kappa shape index (κ2) is 3.61. The fraction of sp³-hybridized carbons (Fsp3) is 0.100. The van der Waals surface area contributed by atoms with Crippen molar-refractivity contribution in [1.29, 1.82) is 0 Å². The fourth-order valence-corrected chi connectivity index (χ4v) is 1.38. The van der Waals surface area contributed by atoms with E-state index < -0.39 is 0 Å². The number of aromatic nitrogens is 2. The van der Waals surface area contributed by atoms with Gasteiger partial charge in [0.15, 0.2) is 0 Å². The molecule has 15 heavy (non-hydrogen) atoms. The number of hydrogen-bond acceptors (Lipinski definition) is 3. The maximum Gasteiger partial charge on any atom is 0.131 e. The van der Waals surface area contributed by atoms with Crippen LogP contribution in [-0.4, -0.2) is 17.3 Å². The zero-order valence-corrected chi connectivity index (χ0v) is 8.12. The molecule has 0 spiro atoms. The summed E-state index contributed by atoms with van der Waals surface area (Å²) >= 11 is 0. The van der Waals surface area contributed by atoms with E-state index in [1.807, 2.05) is 0 Å². The van der Waals surface area contributed by atoms with E-state index in [1.54, 1.807) is 6.07 Å². The zero-order valence-electron chi connectivity index (χ0n) is 8.12. The summed E-state index contributed by atoms with van der Waals surface area (Å²) in [7, 11) is 1.48. The number of rotatable bonds is 2. The topological polar surface area (TPSA) is 63.9 Å². The van der Waals surface area contributed by atoms with Crippen LogP contribution in [0, 0.1) is 5.82 Å². The van der Waals surface area contributed by atoms with Crippen LogP contribution in [0.2, 0.25) is 0 Å². The Morgan fingerprint density at radius 1 is 1.47 bits per heavy atom. The van der Waals surface area contributed by atoms with E-state index in [0.29, 0.717) is 22.7 Å². The number of nitrogens with one attached hydrogen (secondary N) is 1. The third kappa shape index (κ3) is 1.63. The first kappa shape index (κ1) is 9.51. The summed E-state index contributed by atoms with van der Waals surface area (Å²) in [5, 5.41) is 6.54. The van der Waals surface area contributed by atoms with E-state index in [2.05, 4.69) is 10.2 Å². The maximum absolute atomic E-state index is 12.9. The number of H-pyrrole nitrogens is 1. The second-order valence-electron chi connectivity index (χ2n) is 3.04. The molecule has 0 radical (unpaired) electrons. The molecule has 1 aromatic carbocycles. The minimum atomic E-state index is -0.353. The van der Waals surface area contributed by atoms with Crippen LogP contribution in [-0.2, 0) is 0 Å². The quantitative estimate of drug-likeness (QED) is 0.789. The molecule has 0 aliphatic rings. The second-order valence-corrected chi connectivity index (χ2v) is 3.04. The predicted octanol–water partition coefficient (Wildman–Crippen LogP) is 1.81. The average molecular weight is 207 g/mol. The van der Waals surface area contributed by atoms with Crippen LogP contribution in [0.1, 0.15) is 0 Å². The molecule has 0 aliphatic carbocycles. The minimum absolute atomic E-state index is 0.353. The Morgan fingerprint density at radius 3 is 2.87 bits per heavy atom. The van der Waals surface area contributed by atoms with Gasteiger partial charge >= 0.3 is 0 Å². The monoisotopic (exact) mass is 207 g/mol. The van der Waals surface area contributed by atoms with Gasteiger partial charge < -0.3 is 10.5 Å². The number of nitrogen functional groups attached to an aromatic ring is 1. The number of nitrogens with two attached hydrogens (primary N) is 1. The lowest BCUT2D eigenvalue weighted by atomic mass is 10.1. The van der Waals surface area contributed by atoms with Gasteiger partial charge in [-0.15, -0.1) is 0 Å². The first-order valence-corrected chi connectivity index (χ1v) is 4.35. The Bertz CT molecular complexity index is 481. The summed E-state index contributed by atoms with van der Waals surface area (Å²) in [5.41, 5.74) is 7.51. The van der Waals surface area contributed by atoms with Crippen molar-refractivity contribution in [3.63, 3.8) is 0 Å². The summed E-state index contributed by atoms with van der Waals surface area (Å²) in [5.74, 6) is 0.0691. The van der Waals surface area contributed by atoms with Crippen molar-refractivity contribution in [3.8, 4) is 17.0 Å². The lowest BCUT2D eigenvalue weighted by Crippen LogP contribution is -1.92. The van der Waals surface area contributed by atoms with Gasteiger partial charge in [0.1, 0.15) is 11.6 Å². The highest BCUT2D eigenvalue weighted by molar-refractivity contribution is 5.76. The number of benzene rings is 1. The van der Waals surface area contributed by atoms with Gasteiger partial charge in [0.2, 0.25) is 0 Å². The summed E-state index contributed by atoms with van der Waals surface area (Å²) in [4.78, 5) is 0. The Kier molecular flexibility index (Phi) is 2.29. The van der Waals surface area contributed by atoms with Crippen molar-refractivity contribution in [3.05, 3.63) is 30.2 Å². The molecule has 0 atom stereocenters. The molecule has 4 nitrogen and oxygen atoms in total. The zero-order chi connectivity index (χ0) is 10.8. The molecule has 0 aliphatic heterocycles. The lowest BCUT2D eigenvalue weighted by Gasteiger charge is -2.07. The Morgan fingerprint density at radius 2 is 2.27 bits per heavy atom. The molecule has 1 heterocycles. The molecule has 1 aromatic heterocycles. The largest absolute Gasteiger partial charge is 0.496 e. The number of methoxy groups -OCH3 is 1. The van der Waals surface area contributed by atoms with E-state index >= 15 is 0 Å². The van der Waals surface area contributed by atoms with Gasteiger partial charge in [0.25, 0.3) is 0 Å². The normalized spacial score (nSPS) is 10.3. The molecule has 3 N–H and O–H groups in total. The van der Waals surface area contributed by atoms with Crippen LogP contribution in [0.5, 0.6) is 5.75 Å². The Labute approximate surface area is 85.9 Å². The Hall–Kier alpha value is -2.04. The molecule has 0 amide bonds. The molecule has 2 aromatic rings. The van der Waals surface area contributed by atoms with E-state index in [0.717, 1.165) is 0 Å². The molecule has 78 valence electrons. The average Bonchev–Trinajstić information content (AvgIpc) is 2.64. The van der Waals surface area contributed by atoms with Crippen LogP contribution < -0.4 is 10.5 Å². The number of ether oxygens (including phenoxy) is 1. The third-order valence-corrected chi connectivity index (χ3v) is 2.10. The van der Waals surface area contributed by atoms with Crippen molar-refractivity contribution in [2.75, 3.05) is 12.8 Å². The van der Waals surface area contributed by atoms with E-state index in [9.17, 15) is 4.39 Å². The third-order valence-electron chi connectivity index (χ3n) is 2.10. The number of nitrogens with zero attached hydrogens (tertiary/aromatic N) is 1. The highest BCUT2D eigenvalue weighted by atomic mass is 19.1. The van der Waals surface area contributed by atoms with Crippen LogP contribution >= 0.6 is 0 Å². The summed E-state index contributed by atoms with van der Waals surface area (Å²) in [6.45, 7) is 0. The van der Waals surface area contributed by atoms with Gasteiger partial charge in [-0.25, -0.2) is 4.39 Å². The van der Waals surface area contributed by atoms with Gasteiger partial charge in [-0.3, -0.25) is 5.10 Å². The van der Waals surface area contributed by atoms with Crippen molar-refractivity contribution in [2.45, 2.75) is 0 Å². The number of halogens is 1. The maximum atomic E-state index is 12.9. The fourth-order valence-electron chi connectivity index (χ4n) is 1.38. The summed E-state index contributed by atoms with van der Waals surface area (Å²) < 4.78 is 18.0. The van der Waals surface area contributed by atoms with E-state index in [4.69, 9.17) is 10.5 Å². The molecular formula is C10H10FN3O. The molecule has 0 saturated carbocycles. The first-order valence-electron chi connectivity index (χ1n) is 4.35. The highest BCUT2D eigenvalue weighted by Gasteiger charge is 2.11. The van der Waals surface area contributed by atoms with E-state index in [-0.39, 0.29) is 5.82 Å². The van der Waals surface area contributed by atoms with Crippen molar-refractivity contribution < 1.29 is 9.13 Å². The number of anilines is 1. The van der Waals surface area contributed by atoms with Crippen LogP contribution in [0.4, 0.5) is 10.1 Å². The van der Waals surface area contributed by atoms with Gasteiger partial charge in [0.05, 0.1) is 24.7 Å². The standard InChI is InChI=1S/C10H10FN3O/c1-15-9-4-6(11)2-3-7(9)10-8(12)5-13-14-10/h2-5H,12H2,1H3,(H,13,14). The SMILES string of the molecule is COc1cc(F)ccc1-c1[nH]ncc1N. The van der Waals surface area contributed by atoms with Gasteiger partial charge in [-0.05, 0) is 12.1 Å². The Balaban J connectivity index is 2.58. The lowest BCUT2D eigenvalue weighted by molar-refractivity contribution is 0.413. The minimum Gasteiger partial charge on any atom is -0.496 e. The number of hydrogen-bond donors (Lipinski definition) is 2. The van der Waals surface area contributed by atoms with Gasteiger partial charge in [-0.2, -0.15) is 5.10 Å². The molecule has 0 fully saturated rings. The molecular weight excluding hydrogens is 197 g/mol. The predicted molar refractivity (Wildman–Crippen MR) is 54.9 cm³/mol. The first-order chi connectivity index (χ1) is 7.22. The van der Waals surface area contributed by atoms with Gasteiger partial charge in [0, 0.05) is 11.6 Å².